The Kier molecular flexibility index (Phi) is 8.09. The van der Waals surface area contributed by atoms with Crippen LogP contribution in [-0.4, -0.2) is 82.5 Å². The third kappa shape index (κ3) is 6.21. The van der Waals surface area contributed by atoms with Crippen LogP contribution in [0, 0.1) is 5.92 Å². The van der Waals surface area contributed by atoms with E-state index in [0.29, 0.717) is 23.2 Å². The number of piperidine rings is 2. The maximum Gasteiger partial charge on any atom is 0.350 e. The molecule has 4 heterocycles. The number of anilines is 2. The van der Waals surface area contributed by atoms with Gasteiger partial charge in [-0.3, -0.25) is 14.3 Å². The number of ether oxygens (including phenoxy) is 1. The molecular formula is C32H43F2N7O3. The first-order chi connectivity index (χ1) is 21.2. The van der Waals surface area contributed by atoms with E-state index in [1.165, 1.54) is 5.56 Å². The molecule has 1 amide bonds. The zero-order chi connectivity index (χ0) is 30.4. The number of nitrogens with one attached hydrogen (secondary N) is 2. The van der Waals surface area contributed by atoms with Crippen LogP contribution < -0.4 is 26.8 Å². The Hall–Kier alpha value is -3.09. The summed E-state index contributed by atoms with van der Waals surface area (Å²) in [7, 11) is 0. The number of carbonyl (C=O) groups excluding carboxylic acids is 1. The smallest absolute Gasteiger partial charge is 0.350 e. The van der Waals surface area contributed by atoms with Gasteiger partial charge in [0.1, 0.15) is 0 Å². The molecule has 3 aliphatic heterocycles. The first kappa shape index (κ1) is 29.6. The van der Waals surface area contributed by atoms with Gasteiger partial charge in [-0.2, -0.15) is 4.98 Å². The maximum absolute atomic E-state index is 13.7. The highest BCUT2D eigenvalue weighted by atomic mass is 19.3. The number of hydrogen-bond donors (Lipinski definition) is 3. The summed E-state index contributed by atoms with van der Waals surface area (Å²) >= 11 is 0. The third-order valence-electron chi connectivity index (χ3n) is 10.4. The summed E-state index contributed by atoms with van der Waals surface area (Å²) in [6.45, 7) is 3.62. The number of fused-ring (bicyclic) bond motifs is 2. The first-order valence-electron chi connectivity index (χ1n) is 16.3. The molecule has 0 radical (unpaired) electrons. The monoisotopic (exact) mass is 611 g/mol. The number of benzene rings is 1. The molecule has 4 fully saturated rings. The Morgan fingerprint density at radius 1 is 1.07 bits per heavy atom. The Morgan fingerprint density at radius 3 is 2.50 bits per heavy atom. The van der Waals surface area contributed by atoms with Crippen LogP contribution >= 0.6 is 0 Å². The van der Waals surface area contributed by atoms with Crippen molar-refractivity contribution in [3.05, 3.63) is 40.4 Å². The Balaban J connectivity index is 0.964. The van der Waals surface area contributed by atoms with Crippen LogP contribution in [0.1, 0.15) is 75.3 Å². The number of rotatable bonds is 7. The second-order valence-electron chi connectivity index (χ2n) is 13.4. The van der Waals surface area contributed by atoms with Crippen LogP contribution in [0.2, 0.25) is 0 Å². The summed E-state index contributed by atoms with van der Waals surface area (Å²) < 4.78 is 35.4. The van der Waals surface area contributed by atoms with Gasteiger partial charge in [0.2, 0.25) is 5.91 Å². The Labute approximate surface area is 256 Å². The number of carbonyl (C=O) groups is 1. The van der Waals surface area contributed by atoms with Gasteiger partial charge in [0.15, 0.2) is 17.3 Å². The minimum atomic E-state index is -2.63. The molecule has 2 aromatic rings. The quantitative estimate of drug-likeness (QED) is 0.368. The number of aromatic nitrogens is 2. The molecule has 10 nitrogen and oxygen atoms in total. The molecule has 12 heteroatoms. The van der Waals surface area contributed by atoms with Gasteiger partial charge < -0.3 is 26.0 Å². The van der Waals surface area contributed by atoms with Gasteiger partial charge in [0.25, 0.3) is 5.92 Å². The second-order valence-corrected chi connectivity index (χ2v) is 13.4. The largest absolute Gasteiger partial charge is 0.450 e. The zero-order valence-corrected chi connectivity index (χ0v) is 25.1. The van der Waals surface area contributed by atoms with E-state index in [4.69, 9.17) is 10.5 Å². The molecule has 44 heavy (non-hydrogen) atoms. The van der Waals surface area contributed by atoms with E-state index >= 15 is 0 Å². The molecule has 7 rings (SSSR count). The van der Waals surface area contributed by atoms with Gasteiger partial charge in [-0.15, -0.1) is 0 Å². The molecule has 5 aliphatic rings. The van der Waals surface area contributed by atoms with E-state index in [2.05, 4.69) is 32.7 Å². The van der Waals surface area contributed by atoms with Crippen molar-refractivity contribution in [3.63, 3.8) is 0 Å². The van der Waals surface area contributed by atoms with E-state index in [0.717, 1.165) is 83.2 Å². The maximum atomic E-state index is 13.7. The van der Waals surface area contributed by atoms with Crippen molar-refractivity contribution in [1.29, 1.82) is 0 Å². The Bertz CT molecular complexity index is 1430. The molecular weight excluding hydrogens is 568 g/mol. The van der Waals surface area contributed by atoms with Crippen molar-refractivity contribution in [2.45, 2.75) is 87.8 Å². The van der Waals surface area contributed by atoms with Crippen molar-refractivity contribution in [2.24, 2.45) is 11.7 Å². The summed E-state index contributed by atoms with van der Waals surface area (Å²) in [4.78, 5) is 34.5. The van der Waals surface area contributed by atoms with Gasteiger partial charge in [0, 0.05) is 37.0 Å². The van der Waals surface area contributed by atoms with E-state index in [1.807, 2.05) is 6.07 Å². The van der Waals surface area contributed by atoms with Gasteiger partial charge in [-0.1, -0.05) is 6.07 Å². The van der Waals surface area contributed by atoms with Crippen LogP contribution in [0.3, 0.4) is 0 Å². The van der Waals surface area contributed by atoms with Crippen LogP contribution in [0.5, 0.6) is 11.5 Å². The topological polar surface area (TPSA) is 118 Å². The van der Waals surface area contributed by atoms with E-state index in [-0.39, 0.29) is 49.2 Å². The standard InChI is InChI=1S/C32H43F2N7O3/c33-32(34)16-22(32)17-40(25-7-11-36-12-8-25)29(42)19-39-13-9-20(10-14-39)21-1-6-27-26(15-21)37-30-28(44-27)18-41(31(43)38-30)24-4-2-23(35)3-5-24/h1,6,15,18,20,22-25,36H,2-5,7-14,16-17,19,35H2,(H,37,38,43). The molecule has 2 saturated carbocycles. The zero-order valence-electron chi connectivity index (χ0n) is 25.1. The number of hydrogen-bond acceptors (Lipinski definition) is 8. The molecule has 1 aromatic carbocycles. The molecule has 238 valence electrons. The highest BCUT2D eigenvalue weighted by molar-refractivity contribution is 5.79. The fourth-order valence-electron chi connectivity index (χ4n) is 7.48. The highest BCUT2D eigenvalue weighted by Gasteiger charge is 2.57. The number of likely N-dealkylation sites (tertiary alicyclic amines) is 1. The van der Waals surface area contributed by atoms with Crippen LogP contribution in [0.15, 0.2) is 29.2 Å². The summed E-state index contributed by atoms with van der Waals surface area (Å²) in [5, 5.41) is 6.62. The minimum absolute atomic E-state index is 0.0227. The van der Waals surface area contributed by atoms with Gasteiger partial charge in [-0.05, 0) is 101 Å². The van der Waals surface area contributed by atoms with Crippen LogP contribution in [0.4, 0.5) is 20.3 Å². The number of alkyl halides is 2. The average molecular weight is 612 g/mol. The molecule has 1 aromatic heterocycles. The number of halogens is 2. The number of amides is 1. The van der Waals surface area contributed by atoms with Gasteiger partial charge >= 0.3 is 5.69 Å². The predicted molar refractivity (Wildman–Crippen MR) is 163 cm³/mol. The number of nitrogens with zero attached hydrogens (tertiary/aromatic N) is 4. The molecule has 1 unspecified atom stereocenters. The fourth-order valence-corrected chi connectivity index (χ4v) is 7.48. The van der Waals surface area contributed by atoms with Crippen molar-refractivity contribution >= 4 is 17.4 Å². The summed E-state index contributed by atoms with van der Waals surface area (Å²) in [6, 6.07) is 6.47. The van der Waals surface area contributed by atoms with E-state index in [9.17, 15) is 18.4 Å². The number of nitrogens with two attached hydrogens (primary N) is 1. The lowest BCUT2D eigenvalue weighted by Gasteiger charge is -2.38. The lowest BCUT2D eigenvalue weighted by atomic mass is 9.89. The summed E-state index contributed by atoms with van der Waals surface area (Å²) in [6.07, 6.45) is 8.59. The second kappa shape index (κ2) is 12.0. The predicted octanol–water partition coefficient (Wildman–Crippen LogP) is 3.95. The minimum Gasteiger partial charge on any atom is -0.450 e. The molecule has 0 bridgehead atoms. The highest BCUT2D eigenvalue weighted by Crippen LogP contribution is 2.49. The summed E-state index contributed by atoms with van der Waals surface area (Å²) in [5.41, 5.74) is 7.73. The average Bonchev–Trinajstić information content (AvgIpc) is 3.64. The Morgan fingerprint density at radius 2 is 1.80 bits per heavy atom. The third-order valence-corrected chi connectivity index (χ3v) is 10.4. The molecule has 4 N–H and O–H groups in total. The van der Waals surface area contributed by atoms with Gasteiger partial charge in [0.05, 0.1) is 18.4 Å². The SMILES string of the molecule is NC1CCC(n2cc3c(nc2=O)Nc2cc(C4CCN(CC(=O)N(CC5CC5(F)F)C5CCNCC5)CC4)ccc2O3)CC1. The molecule has 1 atom stereocenters. The molecule has 2 aliphatic carbocycles. The van der Waals surface area contributed by atoms with E-state index in [1.54, 1.807) is 15.7 Å². The summed E-state index contributed by atoms with van der Waals surface area (Å²) in [5.74, 6) is -1.36. The van der Waals surface area contributed by atoms with Crippen LogP contribution in [-0.2, 0) is 4.79 Å². The van der Waals surface area contributed by atoms with Crippen molar-refractivity contribution in [1.82, 2.24) is 24.7 Å². The first-order valence-corrected chi connectivity index (χ1v) is 16.3. The van der Waals surface area contributed by atoms with Crippen molar-refractivity contribution in [3.8, 4) is 11.5 Å². The van der Waals surface area contributed by atoms with Gasteiger partial charge in [-0.25, -0.2) is 13.6 Å². The van der Waals surface area contributed by atoms with Crippen LogP contribution in [0.25, 0.3) is 0 Å². The molecule has 0 spiro atoms. The van der Waals surface area contributed by atoms with E-state index < -0.39 is 11.8 Å². The lowest BCUT2D eigenvalue weighted by molar-refractivity contribution is -0.136. The van der Waals surface area contributed by atoms with Crippen molar-refractivity contribution in [2.75, 3.05) is 44.6 Å². The van der Waals surface area contributed by atoms with Crippen molar-refractivity contribution < 1.29 is 18.3 Å². The molecule has 2 saturated heterocycles. The fraction of sp³-hybridized carbons (Fsp3) is 0.656. The normalized spacial score (nSPS) is 27.0. The lowest BCUT2D eigenvalue weighted by Crippen LogP contribution is -2.51.